The number of anilines is 3. The Morgan fingerprint density at radius 2 is 1.70 bits per heavy atom. The van der Waals surface area contributed by atoms with E-state index >= 15 is 0 Å². The molecule has 2 N–H and O–H groups in total. The maximum Gasteiger partial charge on any atom is 0.258 e. The largest absolute Gasteiger partial charge is 0.378 e. The molecule has 1 amide bonds. The Bertz CT molecular complexity index is 910. The van der Waals surface area contributed by atoms with Crippen LogP contribution in [0.25, 0.3) is 0 Å². The van der Waals surface area contributed by atoms with Crippen LogP contribution in [0.4, 0.5) is 21.7 Å². The van der Waals surface area contributed by atoms with Gasteiger partial charge in [0.05, 0.1) is 5.56 Å². The van der Waals surface area contributed by atoms with E-state index in [2.05, 4.69) is 20.6 Å². The smallest absolute Gasteiger partial charge is 0.258 e. The Balaban J connectivity index is 1.59. The molecule has 3 rings (SSSR count). The lowest BCUT2D eigenvalue weighted by molar-refractivity contribution is 0.102. The third kappa shape index (κ3) is 4.78. The van der Waals surface area contributed by atoms with Crippen molar-refractivity contribution in [1.82, 2.24) is 9.97 Å². The van der Waals surface area contributed by atoms with E-state index in [0.717, 1.165) is 5.69 Å². The van der Waals surface area contributed by atoms with E-state index in [0.29, 0.717) is 22.8 Å². The Kier molecular flexibility index (Phi) is 5.61. The van der Waals surface area contributed by atoms with Crippen LogP contribution in [0, 0.1) is 5.82 Å². The van der Waals surface area contributed by atoms with E-state index in [1.54, 1.807) is 18.2 Å². The van der Waals surface area contributed by atoms with Crippen LogP contribution in [-0.4, -0.2) is 30.0 Å². The number of hydrogen-bond donors (Lipinski definition) is 2. The summed E-state index contributed by atoms with van der Waals surface area (Å²) in [7, 11) is 3.90. The fourth-order valence-electron chi connectivity index (χ4n) is 2.40. The Morgan fingerprint density at radius 1 is 1.04 bits per heavy atom. The molecule has 0 atom stereocenters. The Morgan fingerprint density at radius 3 is 2.33 bits per heavy atom. The van der Waals surface area contributed by atoms with Gasteiger partial charge in [-0.05, 0) is 30.3 Å². The second-order valence-corrected chi connectivity index (χ2v) is 6.14. The van der Waals surface area contributed by atoms with E-state index in [1.165, 1.54) is 18.5 Å². The molecule has 7 heteroatoms. The van der Waals surface area contributed by atoms with Gasteiger partial charge < -0.3 is 15.5 Å². The molecule has 0 unspecified atom stereocenters. The summed E-state index contributed by atoms with van der Waals surface area (Å²) >= 11 is 0. The molecule has 0 aliphatic rings. The van der Waals surface area contributed by atoms with Crippen molar-refractivity contribution in [3.05, 3.63) is 77.9 Å². The molecule has 0 saturated carbocycles. The van der Waals surface area contributed by atoms with Gasteiger partial charge in [0.25, 0.3) is 5.91 Å². The molecule has 0 aliphatic carbocycles. The van der Waals surface area contributed by atoms with Crippen molar-refractivity contribution >= 4 is 23.2 Å². The minimum atomic E-state index is -0.298. The van der Waals surface area contributed by atoms with E-state index in [1.807, 2.05) is 43.3 Å². The summed E-state index contributed by atoms with van der Waals surface area (Å²) in [5, 5.41) is 5.74. The predicted molar refractivity (Wildman–Crippen MR) is 104 cm³/mol. The lowest BCUT2D eigenvalue weighted by atomic mass is 10.2. The number of benzene rings is 2. The molecule has 0 spiro atoms. The number of nitrogens with one attached hydrogen (secondary N) is 2. The zero-order valence-electron chi connectivity index (χ0n) is 15.1. The number of hydrogen-bond acceptors (Lipinski definition) is 5. The fraction of sp³-hybridized carbons (Fsp3) is 0.150. The molecule has 0 bridgehead atoms. The Hall–Kier alpha value is -3.48. The summed E-state index contributed by atoms with van der Waals surface area (Å²) < 4.78 is 13.6. The molecule has 0 saturated heterocycles. The number of halogens is 1. The van der Waals surface area contributed by atoms with Crippen molar-refractivity contribution in [1.29, 1.82) is 0 Å². The normalized spacial score (nSPS) is 10.3. The average molecular weight is 365 g/mol. The van der Waals surface area contributed by atoms with Crippen molar-refractivity contribution in [2.24, 2.45) is 0 Å². The first-order chi connectivity index (χ1) is 13.0. The maximum absolute atomic E-state index is 13.6. The van der Waals surface area contributed by atoms with Crippen molar-refractivity contribution in [2.75, 3.05) is 29.6 Å². The van der Waals surface area contributed by atoms with Crippen LogP contribution in [0.3, 0.4) is 0 Å². The fourth-order valence-corrected chi connectivity index (χ4v) is 2.40. The van der Waals surface area contributed by atoms with Gasteiger partial charge in [-0.25, -0.2) is 14.4 Å². The molecule has 1 heterocycles. The van der Waals surface area contributed by atoms with Gasteiger partial charge in [-0.3, -0.25) is 4.79 Å². The maximum atomic E-state index is 13.6. The first kappa shape index (κ1) is 18.3. The first-order valence-electron chi connectivity index (χ1n) is 8.41. The summed E-state index contributed by atoms with van der Waals surface area (Å²) in [4.78, 5) is 22.5. The van der Waals surface area contributed by atoms with Gasteiger partial charge in [-0.2, -0.15) is 0 Å². The van der Waals surface area contributed by atoms with Gasteiger partial charge in [-0.1, -0.05) is 18.2 Å². The second kappa shape index (κ2) is 8.27. The quantitative estimate of drug-likeness (QED) is 0.699. The summed E-state index contributed by atoms with van der Waals surface area (Å²) in [6.07, 6.45) is 2.86. The van der Waals surface area contributed by atoms with Gasteiger partial charge in [0.15, 0.2) is 0 Å². The van der Waals surface area contributed by atoms with Crippen molar-refractivity contribution < 1.29 is 9.18 Å². The summed E-state index contributed by atoms with van der Waals surface area (Å²) in [5.41, 5.74) is 2.58. The summed E-state index contributed by atoms with van der Waals surface area (Å²) in [6, 6.07) is 14.0. The van der Waals surface area contributed by atoms with Crippen LogP contribution in [0.15, 0.2) is 60.9 Å². The van der Waals surface area contributed by atoms with Crippen LogP contribution in [0.2, 0.25) is 0 Å². The lowest BCUT2D eigenvalue weighted by Gasteiger charge is -2.13. The number of aromatic nitrogens is 2. The molecule has 6 nitrogen and oxygen atoms in total. The third-order valence-corrected chi connectivity index (χ3v) is 3.95. The zero-order chi connectivity index (χ0) is 19.2. The van der Waals surface area contributed by atoms with Crippen molar-refractivity contribution in [2.45, 2.75) is 6.54 Å². The summed E-state index contributed by atoms with van der Waals surface area (Å²) in [5.74, 6) is -0.264. The molecule has 1 aromatic heterocycles. The number of nitrogens with zero attached hydrogens (tertiary/aromatic N) is 3. The molecule has 3 aromatic rings. The number of rotatable bonds is 6. The highest BCUT2D eigenvalue weighted by Crippen LogP contribution is 2.16. The monoisotopic (exact) mass is 365 g/mol. The van der Waals surface area contributed by atoms with Crippen LogP contribution in [0.5, 0.6) is 0 Å². The van der Waals surface area contributed by atoms with Crippen LogP contribution in [-0.2, 0) is 6.54 Å². The highest BCUT2D eigenvalue weighted by molar-refractivity contribution is 6.03. The molecule has 27 heavy (non-hydrogen) atoms. The van der Waals surface area contributed by atoms with Gasteiger partial charge in [0.2, 0.25) is 5.95 Å². The van der Waals surface area contributed by atoms with E-state index in [-0.39, 0.29) is 18.3 Å². The van der Waals surface area contributed by atoms with Crippen LogP contribution < -0.4 is 15.5 Å². The SMILES string of the molecule is CN(C)c1ccc(NC(=O)c2cnc(NCc3ccccc3F)nc2)cc1. The van der Waals surface area contributed by atoms with Crippen LogP contribution >= 0.6 is 0 Å². The lowest BCUT2D eigenvalue weighted by Crippen LogP contribution is -2.14. The van der Waals surface area contributed by atoms with Gasteiger partial charge in [0.1, 0.15) is 5.82 Å². The van der Waals surface area contributed by atoms with E-state index in [4.69, 9.17) is 0 Å². The highest BCUT2D eigenvalue weighted by Gasteiger charge is 2.08. The molecular weight excluding hydrogens is 345 g/mol. The number of carbonyl (C=O) groups excluding carboxylic acids is 1. The van der Waals surface area contributed by atoms with E-state index in [9.17, 15) is 9.18 Å². The average Bonchev–Trinajstić information content (AvgIpc) is 2.68. The first-order valence-corrected chi connectivity index (χ1v) is 8.41. The predicted octanol–water partition coefficient (Wildman–Crippen LogP) is 3.55. The number of carbonyl (C=O) groups is 1. The van der Waals surface area contributed by atoms with Crippen molar-refractivity contribution in [3.8, 4) is 0 Å². The minimum Gasteiger partial charge on any atom is -0.378 e. The Labute approximate surface area is 157 Å². The van der Waals surface area contributed by atoms with E-state index < -0.39 is 0 Å². The molecule has 2 aromatic carbocycles. The third-order valence-electron chi connectivity index (χ3n) is 3.95. The van der Waals surface area contributed by atoms with Gasteiger partial charge in [-0.15, -0.1) is 0 Å². The standard InChI is InChI=1S/C20H20FN5O/c1-26(2)17-9-7-16(8-10-17)25-19(27)15-12-23-20(24-13-15)22-11-14-5-3-4-6-18(14)21/h3-10,12-13H,11H2,1-2H3,(H,25,27)(H,22,23,24). The van der Waals surface area contributed by atoms with Gasteiger partial charge in [0, 0.05) is 50.0 Å². The molecular formula is C20H20FN5O. The topological polar surface area (TPSA) is 70.2 Å². The second-order valence-electron chi connectivity index (χ2n) is 6.14. The molecule has 138 valence electrons. The van der Waals surface area contributed by atoms with Crippen molar-refractivity contribution in [3.63, 3.8) is 0 Å². The number of amides is 1. The van der Waals surface area contributed by atoms with Crippen LogP contribution in [0.1, 0.15) is 15.9 Å². The zero-order valence-corrected chi connectivity index (χ0v) is 15.1. The van der Waals surface area contributed by atoms with Gasteiger partial charge >= 0.3 is 0 Å². The molecule has 0 radical (unpaired) electrons. The molecule has 0 fully saturated rings. The minimum absolute atomic E-state index is 0.260. The highest BCUT2D eigenvalue weighted by atomic mass is 19.1. The summed E-state index contributed by atoms with van der Waals surface area (Å²) in [6.45, 7) is 0.260. The molecule has 0 aliphatic heterocycles.